The van der Waals surface area contributed by atoms with Crippen molar-refractivity contribution in [3.63, 3.8) is 0 Å². The minimum Gasteiger partial charge on any atom is -0.450 e. The van der Waals surface area contributed by atoms with Crippen molar-refractivity contribution in [3.05, 3.63) is 0 Å². The van der Waals surface area contributed by atoms with Crippen molar-refractivity contribution >= 4 is 12.3 Å². The minimum atomic E-state index is -1.83. The van der Waals surface area contributed by atoms with Gasteiger partial charge in [0.05, 0.1) is 6.10 Å². The zero-order valence-corrected chi connectivity index (χ0v) is 7.75. The van der Waals surface area contributed by atoms with Crippen LogP contribution in [0.3, 0.4) is 0 Å². The predicted molar refractivity (Wildman–Crippen MR) is 44.8 cm³/mol. The first-order valence-electron chi connectivity index (χ1n) is 3.41. The molecule has 0 aromatic carbocycles. The van der Waals surface area contributed by atoms with E-state index in [0.29, 0.717) is 0 Å². The van der Waals surface area contributed by atoms with Gasteiger partial charge in [0.15, 0.2) is 0 Å². The van der Waals surface area contributed by atoms with E-state index >= 15 is 0 Å². The van der Waals surface area contributed by atoms with E-state index in [0.717, 1.165) is 6.42 Å². The Morgan fingerprint density at radius 1 is 1.14 bits per heavy atom. The molecule has 0 aliphatic heterocycles. The maximum Gasteiger partial charge on any atom is 0.503 e. The lowest BCUT2D eigenvalue weighted by atomic mass is 10.3. The molecule has 0 saturated heterocycles. The van der Waals surface area contributed by atoms with Gasteiger partial charge in [0.1, 0.15) is 0 Å². The van der Waals surface area contributed by atoms with Crippen LogP contribution in [-0.2, 0) is 4.89 Å². The molecule has 0 bridgehead atoms. The Labute approximate surface area is 79.9 Å². The number of rotatable bonds is 2. The highest BCUT2D eigenvalue weighted by atomic mass is 17.1. The predicted octanol–water partition coefficient (Wildman–Crippen LogP) is 1.72. The Bertz CT molecular complexity index is 121. The maximum absolute atomic E-state index is 8.56. The fourth-order valence-corrected chi connectivity index (χ4v) is 0.0745. The molecule has 0 aromatic rings. The van der Waals surface area contributed by atoms with Crippen molar-refractivity contribution in [1.29, 1.82) is 0 Å². The van der Waals surface area contributed by atoms with Crippen molar-refractivity contribution < 1.29 is 40.2 Å². The van der Waals surface area contributed by atoms with E-state index < -0.39 is 12.3 Å². The van der Waals surface area contributed by atoms with E-state index in [4.69, 9.17) is 35.3 Å². The van der Waals surface area contributed by atoms with Crippen molar-refractivity contribution in [2.45, 2.75) is 26.4 Å². The third kappa shape index (κ3) is 155. The smallest absolute Gasteiger partial charge is 0.450 e. The van der Waals surface area contributed by atoms with Gasteiger partial charge in [-0.05, 0) is 13.3 Å². The Kier molecular flexibility index (Phi) is 18.3. The SMILES string of the molecule is CCC(C)OO.O=C(O)O.O=C(O)O. The van der Waals surface area contributed by atoms with E-state index in [-0.39, 0.29) is 6.10 Å². The van der Waals surface area contributed by atoms with E-state index in [9.17, 15) is 0 Å². The lowest BCUT2D eigenvalue weighted by Crippen LogP contribution is -2.00. The summed E-state index contributed by atoms with van der Waals surface area (Å²) in [5.74, 6) is 0. The van der Waals surface area contributed by atoms with Crippen LogP contribution in [0.1, 0.15) is 20.3 Å². The first-order valence-corrected chi connectivity index (χ1v) is 3.41. The van der Waals surface area contributed by atoms with Crippen LogP contribution >= 0.6 is 0 Å². The normalized spacial score (nSPS) is 9.64. The third-order valence-corrected chi connectivity index (χ3v) is 0.755. The van der Waals surface area contributed by atoms with Gasteiger partial charge in [-0.25, -0.2) is 14.5 Å². The molecule has 0 fully saturated rings. The van der Waals surface area contributed by atoms with Crippen LogP contribution in [0, 0.1) is 0 Å². The summed E-state index contributed by atoms with van der Waals surface area (Å²) < 4.78 is 0. The van der Waals surface area contributed by atoms with Crippen molar-refractivity contribution in [3.8, 4) is 0 Å². The molecule has 0 rings (SSSR count). The molecule has 0 saturated carbocycles. The molecule has 1 unspecified atom stereocenters. The third-order valence-electron chi connectivity index (χ3n) is 0.755. The zero-order valence-electron chi connectivity index (χ0n) is 7.75. The lowest BCUT2D eigenvalue weighted by Gasteiger charge is -1.98. The van der Waals surface area contributed by atoms with Gasteiger partial charge in [-0.15, -0.1) is 0 Å². The highest BCUT2D eigenvalue weighted by Gasteiger charge is 1.91. The molecule has 0 aliphatic rings. The van der Waals surface area contributed by atoms with Crippen LogP contribution in [0.2, 0.25) is 0 Å². The molecule has 0 spiro atoms. The Morgan fingerprint density at radius 3 is 1.36 bits per heavy atom. The van der Waals surface area contributed by atoms with Crippen LogP contribution in [0.25, 0.3) is 0 Å². The summed E-state index contributed by atoms with van der Waals surface area (Å²) >= 11 is 0. The van der Waals surface area contributed by atoms with Gasteiger partial charge in [0.25, 0.3) is 0 Å². The van der Waals surface area contributed by atoms with Crippen molar-refractivity contribution in [2.24, 2.45) is 0 Å². The summed E-state index contributed by atoms with van der Waals surface area (Å²) in [6.07, 6.45) is -2.82. The fourth-order valence-electron chi connectivity index (χ4n) is 0.0745. The molecule has 0 aliphatic carbocycles. The summed E-state index contributed by atoms with van der Waals surface area (Å²) in [7, 11) is 0. The van der Waals surface area contributed by atoms with E-state index in [2.05, 4.69) is 4.89 Å². The van der Waals surface area contributed by atoms with Gasteiger partial charge in [-0.3, -0.25) is 5.26 Å². The van der Waals surface area contributed by atoms with Crippen LogP contribution in [-0.4, -0.2) is 44.1 Å². The maximum atomic E-state index is 8.56. The summed E-state index contributed by atoms with van der Waals surface area (Å²) in [6, 6.07) is 0. The number of carboxylic acid groups (broad SMARTS) is 4. The standard InChI is InChI=1S/C4H10O2.2CH2O3/c1-3-4(2)6-5;2*2-1(3)4/h4-5H,3H2,1-2H3;2*(H2,2,3,4). The molecule has 86 valence electrons. The van der Waals surface area contributed by atoms with Gasteiger partial charge in [0, 0.05) is 0 Å². The van der Waals surface area contributed by atoms with Gasteiger partial charge in [0.2, 0.25) is 0 Å². The molecule has 14 heavy (non-hydrogen) atoms. The average molecular weight is 214 g/mol. The molecule has 0 amide bonds. The van der Waals surface area contributed by atoms with Crippen LogP contribution < -0.4 is 0 Å². The molecule has 5 N–H and O–H groups in total. The largest absolute Gasteiger partial charge is 0.503 e. The number of carbonyl (C=O) groups is 2. The van der Waals surface area contributed by atoms with Crippen molar-refractivity contribution in [1.82, 2.24) is 0 Å². The van der Waals surface area contributed by atoms with Crippen LogP contribution in [0.5, 0.6) is 0 Å². The van der Waals surface area contributed by atoms with Gasteiger partial charge < -0.3 is 20.4 Å². The average Bonchev–Trinajstić information content (AvgIpc) is 2.01. The first-order chi connectivity index (χ1) is 6.27. The molecular formula is C6H14O8. The van der Waals surface area contributed by atoms with E-state index in [1.807, 2.05) is 6.92 Å². The van der Waals surface area contributed by atoms with Gasteiger partial charge >= 0.3 is 12.3 Å². The fraction of sp³-hybridized carbons (Fsp3) is 0.667. The Balaban J connectivity index is -0.000000135. The second-order valence-electron chi connectivity index (χ2n) is 1.89. The molecule has 0 radical (unpaired) electrons. The molecule has 8 heteroatoms. The Hall–Kier alpha value is -1.54. The Morgan fingerprint density at radius 2 is 1.36 bits per heavy atom. The second kappa shape index (κ2) is 14.0. The monoisotopic (exact) mass is 214 g/mol. The zero-order chi connectivity index (χ0) is 12.1. The van der Waals surface area contributed by atoms with Crippen molar-refractivity contribution in [2.75, 3.05) is 0 Å². The first kappa shape index (κ1) is 18.3. The van der Waals surface area contributed by atoms with Gasteiger partial charge in [-0.2, -0.15) is 0 Å². The van der Waals surface area contributed by atoms with Crippen LogP contribution in [0.15, 0.2) is 0 Å². The molecule has 0 heterocycles. The lowest BCUT2D eigenvalue weighted by molar-refractivity contribution is -0.274. The van der Waals surface area contributed by atoms with Gasteiger partial charge in [-0.1, -0.05) is 6.92 Å². The second-order valence-corrected chi connectivity index (χ2v) is 1.89. The summed E-state index contributed by atoms with van der Waals surface area (Å²) in [6.45, 7) is 3.75. The molecule has 1 atom stereocenters. The van der Waals surface area contributed by atoms with Crippen LogP contribution in [0.4, 0.5) is 9.59 Å². The van der Waals surface area contributed by atoms with E-state index in [1.54, 1.807) is 6.92 Å². The molecule has 8 nitrogen and oxygen atoms in total. The minimum absolute atomic E-state index is 0.00926. The summed E-state index contributed by atoms with van der Waals surface area (Å²) in [4.78, 5) is 21.0. The summed E-state index contributed by atoms with van der Waals surface area (Å²) in [5, 5.41) is 35.7. The summed E-state index contributed by atoms with van der Waals surface area (Å²) in [5.41, 5.74) is 0. The highest BCUT2D eigenvalue weighted by molar-refractivity contribution is 5.53. The molecular weight excluding hydrogens is 200 g/mol. The number of hydrogen-bond donors (Lipinski definition) is 5. The molecule has 0 aromatic heterocycles. The van der Waals surface area contributed by atoms with E-state index in [1.165, 1.54) is 0 Å². The highest BCUT2D eigenvalue weighted by Crippen LogP contribution is 1.89. The number of hydrogen-bond acceptors (Lipinski definition) is 4. The quantitative estimate of drug-likeness (QED) is 0.345. The topological polar surface area (TPSA) is 145 Å².